The van der Waals surface area contributed by atoms with Crippen molar-refractivity contribution in [2.24, 2.45) is 0 Å². The molecule has 0 amide bonds. The Morgan fingerprint density at radius 1 is 0.640 bits per heavy atom. The highest BCUT2D eigenvalue weighted by molar-refractivity contribution is 7.38. The number of carbonyl (C=O) groups is 1. The van der Waals surface area contributed by atoms with Gasteiger partial charge in [-0.15, -0.1) is 8.19 Å². The van der Waals surface area contributed by atoms with Crippen molar-refractivity contribution in [3.63, 3.8) is 0 Å². The molecule has 2 heteroatoms. The fourth-order valence-corrected chi connectivity index (χ4v) is 4.41. The quantitative estimate of drug-likeness (QED) is 0.399. The Morgan fingerprint density at radius 2 is 1.16 bits per heavy atom. The first-order valence-electron chi connectivity index (χ1n) is 8.26. The molecule has 0 saturated heterocycles. The second-order valence-electron chi connectivity index (χ2n) is 5.90. The van der Waals surface area contributed by atoms with E-state index in [-0.39, 0.29) is 5.78 Å². The molecule has 120 valence electrons. The minimum absolute atomic E-state index is 0.0953. The van der Waals surface area contributed by atoms with Gasteiger partial charge in [0.2, 0.25) is 0 Å². The minimum Gasteiger partial charge on any atom is -0.289 e. The lowest BCUT2D eigenvalue weighted by atomic mass is 10.00. The van der Waals surface area contributed by atoms with Crippen LogP contribution in [0.5, 0.6) is 0 Å². The molecule has 0 spiro atoms. The first-order valence-corrected chi connectivity index (χ1v) is 9.26. The van der Waals surface area contributed by atoms with Gasteiger partial charge in [-0.3, -0.25) is 4.79 Å². The van der Waals surface area contributed by atoms with Crippen molar-refractivity contribution in [3.05, 3.63) is 108 Å². The van der Waals surface area contributed by atoms with Crippen LogP contribution in [0, 0.1) is 0 Å². The maximum absolute atomic E-state index is 13.1. The van der Waals surface area contributed by atoms with Gasteiger partial charge in [0, 0.05) is 16.4 Å². The van der Waals surface area contributed by atoms with Gasteiger partial charge in [-0.05, 0) is 22.5 Å². The molecule has 25 heavy (non-hydrogen) atoms. The summed E-state index contributed by atoms with van der Waals surface area (Å²) in [6.45, 7) is 0. The summed E-state index contributed by atoms with van der Waals surface area (Å²) < 4.78 is 0. The van der Waals surface area contributed by atoms with Crippen LogP contribution in [-0.2, 0) is 0 Å². The van der Waals surface area contributed by atoms with E-state index in [0.29, 0.717) is 8.19 Å². The third-order valence-corrected chi connectivity index (χ3v) is 5.76. The van der Waals surface area contributed by atoms with Crippen molar-refractivity contribution in [1.82, 2.24) is 0 Å². The summed E-state index contributed by atoms with van der Waals surface area (Å²) >= 11 is 0. The summed E-state index contributed by atoms with van der Waals surface area (Å²) in [6, 6.07) is 32.1. The molecule has 1 unspecified atom stereocenters. The number of benzene rings is 3. The monoisotopic (exact) mass is 340 g/mol. The normalized spacial score (nSPS) is 10.9. The van der Waals surface area contributed by atoms with E-state index in [1.165, 1.54) is 10.9 Å². The standard InChI is InChI=1S/C23H17OP/c24-22(18-12-6-2-7-13-18)20-16-21(17-10-4-1-5-11-17)25-23(20)19-14-8-3-9-15-19/h1-16,25H. The van der Waals surface area contributed by atoms with Gasteiger partial charge >= 0.3 is 0 Å². The number of rotatable bonds is 4. The van der Waals surface area contributed by atoms with Crippen LogP contribution in [0.1, 0.15) is 15.9 Å². The number of hydrogen-bond acceptors (Lipinski definition) is 1. The van der Waals surface area contributed by atoms with Crippen LogP contribution in [0.2, 0.25) is 0 Å². The molecule has 0 bridgehead atoms. The number of carbonyl (C=O) groups excluding carboxylic acids is 1. The van der Waals surface area contributed by atoms with E-state index < -0.39 is 0 Å². The van der Waals surface area contributed by atoms with E-state index in [2.05, 4.69) is 30.3 Å². The van der Waals surface area contributed by atoms with Crippen molar-refractivity contribution in [2.75, 3.05) is 0 Å². The second-order valence-corrected chi connectivity index (χ2v) is 7.19. The third-order valence-electron chi connectivity index (χ3n) is 4.25. The zero-order valence-corrected chi connectivity index (χ0v) is 14.6. The third kappa shape index (κ3) is 3.20. The van der Waals surface area contributed by atoms with Crippen LogP contribution < -0.4 is 0 Å². The summed E-state index contributed by atoms with van der Waals surface area (Å²) in [5.74, 6) is 0.0953. The van der Waals surface area contributed by atoms with Crippen LogP contribution in [0.3, 0.4) is 0 Å². The fraction of sp³-hybridized carbons (Fsp3) is 0. The Balaban J connectivity index is 1.87. The van der Waals surface area contributed by atoms with Gasteiger partial charge in [0.25, 0.3) is 0 Å². The maximum atomic E-state index is 13.1. The van der Waals surface area contributed by atoms with E-state index in [1.54, 1.807) is 0 Å². The molecule has 1 atom stereocenters. The van der Waals surface area contributed by atoms with Crippen LogP contribution in [0.15, 0.2) is 97.1 Å². The SMILES string of the molecule is O=C(c1ccccc1)c1cc(-c2ccccc2)[pH]c1-c1ccccc1. The zero-order valence-electron chi connectivity index (χ0n) is 13.6. The van der Waals surface area contributed by atoms with E-state index >= 15 is 0 Å². The first-order chi connectivity index (χ1) is 12.3. The fourth-order valence-electron chi connectivity index (χ4n) is 2.98. The van der Waals surface area contributed by atoms with E-state index in [1.807, 2.05) is 66.7 Å². The van der Waals surface area contributed by atoms with E-state index in [4.69, 9.17) is 0 Å². The lowest BCUT2D eigenvalue weighted by Crippen LogP contribution is -2.00. The number of ketones is 1. The van der Waals surface area contributed by atoms with Gasteiger partial charge < -0.3 is 0 Å². The molecule has 4 rings (SSSR count). The molecule has 0 N–H and O–H groups in total. The highest BCUT2D eigenvalue weighted by Crippen LogP contribution is 2.42. The molecule has 0 aliphatic heterocycles. The van der Waals surface area contributed by atoms with E-state index in [0.717, 1.165) is 22.0 Å². The predicted molar refractivity (Wildman–Crippen MR) is 107 cm³/mol. The Morgan fingerprint density at radius 3 is 1.76 bits per heavy atom. The highest BCUT2D eigenvalue weighted by Gasteiger charge is 2.18. The molecule has 4 aromatic rings. The molecule has 3 aromatic carbocycles. The van der Waals surface area contributed by atoms with Gasteiger partial charge in [0.1, 0.15) is 0 Å². The molecular weight excluding hydrogens is 323 g/mol. The van der Waals surface area contributed by atoms with Crippen LogP contribution in [-0.4, -0.2) is 5.78 Å². The molecule has 0 saturated carbocycles. The van der Waals surface area contributed by atoms with Gasteiger partial charge in [-0.2, -0.15) is 0 Å². The summed E-state index contributed by atoms with van der Waals surface area (Å²) in [5, 5.41) is 2.35. The maximum Gasteiger partial charge on any atom is 0.194 e. The summed E-state index contributed by atoms with van der Waals surface area (Å²) in [7, 11) is 0.484. The average molecular weight is 340 g/mol. The van der Waals surface area contributed by atoms with Crippen molar-refractivity contribution in [2.45, 2.75) is 0 Å². The molecular formula is C23H17OP. The Hall–Kier alpha value is -2.89. The summed E-state index contributed by atoms with van der Waals surface area (Å²) in [4.78, 5) is 13.1. The van der Waals surface area contributed by atoms with Crippen LogP contribution in [0.25, 0.3) is 21.7 Å². The summed E-state index contributed by atoms with van der Waals surface area (Å²) in [6.07, 6.45) is 0. The largest absolute Gasteiger partial charge is 0.289 e. The molecule has 0 aliphatic carbocycles. The van der Waals surface area contributed by atoms with Gasteiger partial charge in [0.15, 0.2) is 5.78 Å². The van der Waals surface area contributed by atoms with E-state index in [9.17, 15) is 4.79 Å². The zero-order chi connectivity index (χ0) is 17.1. The lowest BCUT2D eigenvalue weighted by Gasteiger charge is -2.04. The van der Waals surface area contributed by atoms with Crippen molar-refractivity contribution < 1.29 is 4.79 Å². The molecule has 1 nitrogen and oxygen atoms in total. The van der Waals surface area contributed by atoms with Gasteiger partial charge in [-0.1, -0.05) is 91.0 Å². The second kappa shape index (κ2) is 6.93. The number of hydrogen-bond donors (Lipinski definition) is 0. The van der Waals surface area contributed by atoms with Crippen LogP contribution in [0.4, 0.5) is 0 Å². The summed E-state index contributed by atoms with van der Waals surface area (Å²) in [5.41, 5.74) is 3.86. The van der Waals surface area contributed by atoms with Crippen molar-refractivity contribution in [3.8, 4) is 21.7 Å². The topological polar surface area (TPSA) is 17.1 Å². The minimum atomic E-state index is 0.0953. The molecule has 1 aromatic heterocycles. The van der Waals surface area contributed by atoms with Crippen LogP contribution >= 0.6 is 8.19 Å². The molecule has 0 aliphatic rings. The Kier molecular flexibility index (Phi) is 4.33. The Bertz CT molecular complexity index is 986. The Labute approximate surface area is 149 Å². The van der Waals surface area contributed by atoms with Gasteiger partial charge in [0.05, 0.1) is 0 Å². The molecule has 1 heterocycles. The molecule has 0 fully saturated rings. The van der Waals surface area contributed by atoms with Crippen molar-refractivity contribution in [1.29, 1.82) is 0 Å². The predicted octanol–water partition coefficient (Wildman–Crippen LogP) is 6.28. The molecule has 0 radical (unpaired) electrons. The lowest BCUT2D eigenvalue weighted by molar-refractivity contribution is 0.104. The smallest absolute Gasteiger partial charge is 0.194 e. The first kappa shape index (κ1) is 15.6. The van der Waals surface area contributed by atoms with Crippen molar-refractivity contribution >= 4 is 14.0 Å². The average Bonchev–Trinajstić information content (AvgIpc) is 3.15. The highest BCUT2D eigenvalue weighted by atomic mass is 31.0. The van der Waals surface area contributed by atoms with Gasteiger partial charge in [-0.25, -0.2) is 0 Å².